The number of nitrogens with one attached hydrogen (secondary N) is 1. The van der Waals surface area contributed by atoms with Crippen LogP contribution in [0.4, 0.5) is 5.69 Å². The average Bonchev–Trinajstić information content (AvgIpc) is 3.28. The molecule has 0 fully saturated rings. The Balaban J connectivity index is 1.48. The van der Waals surface area contributed by atoms with Gasteiger partial charge in [-0.1, -0.05) is 17.8 Å². The second kappa shape index (κ2) is 8.60. The van der Waals surface area contributed by atoms with E-state index in [-0.39, 0.29) is 17.3 Å². The zero-order valence-electron chi connectivity index (χ0n) is 17.1. The smallest absolute Gasteiger partial charge is 0.325 e. The van der Waals surface area contributed by atoms with Crippen LogP contribution in [-0.4, -0.2) is 40.5 Å². The topological polar surface area (TPSA) is 99.6 Å². The molecule has 4 rings (SSSR count). The van der Waals surface area contributed by atoms with Crippen molar-refractivity contribution in [3.8, 4) is 11.4 Å². The molecule has 9 nitrogen and oxygen atoms in total. The Kier molecular flexibility index (Phi) is 5.72. The number of hydrogen-bond donors (Lipinski definition) is 1. The third-order valence-corrected chi connectivity index (χ3v) is 5.82. The summed E-state index contributed by atoms with van der Waals surface area (Å²) in [6.45, 7) is 4.32. The lowest BCUT2D eigenvalue weighted by Gasteiger charge is -2.08. The molecule has 0 spiro atoms. The zero-order valence-corrected chi connectivity index (χ0v) is 18.0. The van der Waals surface area contributed by atoms with E-state index in [1.807, 2.05) is 22.8 Å². The number of hydrogen-bond acceptors (Lipinski definition) is 6. The minimum Gasteiger partial charge on any atom is -0.325 e. The molecule has 0 unspecified atom stereocenters. The third-order valence-electron chi connectivity index (χ3n) is 4.86. The van der Waals surface area contributed by atoms with Crippen molar-refractivity contribution in [1.29, 1.82) is 0 Å². The molecule has 0 bridgehead atoms. The fourth-order valence-electron chi connectivity index (χ4n) is 3.32. The van der Waals surface area contributed by atoms with E-state index in [2.05, 4.69) is 27.1 Å². The molecule has 0 saturated heterocycles. The van der Waals surface area contributed by atoms with Gasteiger partial charge in [0.15, 0.2) is 11.0 Å². The van der Waals surface area contributed by atoms with Crippen molar-refractivity contribution < 1.29 is 4.79 Å². The van der Waals surface area contributed by atoms with Crippen LogP contribution in [0.1, 0.15) is 0 Å². The highest BCUT2D eigenvalue weighted by Crippen LogP contribution is 2.24. The van der Waals surface area contributed by atoms with E-state index in [4.69, 9.17) is 0 Å². The van der Waals surface area contributed by atoms with E-state index in [0.29, 0.717) is 23.2 Å². The minimum absolute atomic E-state index is 0.111. The molecule has 0 radical (unpaired) electrons. The molecule has 4 aromatic rings. The van der Waals surface area contributed by atoms with E-state index < -0.39 is 0 Å². The van der Waals surface area contributed by atoms with Crippen LogP contribution in [0.25, 0.3) is 22.4 Å². The number of imidazole rings is 1. The predicted octanol–water partition coefficient (Wildman–Crippen LogP) is 2.45. The number of pyridine rings is 1. The lowest BCUT2D eigenvalue weighted by atomic mass is 10.2. The predicted molar refractivity (Wildman–Crippen MR) is 121 cm³/mol. The Morgan fingerprint density at radius 3 is 2.61 bits per heavy atom. The number of carbonyl (C=O) groups is 1. The molecule has 3 aromatic heterocycles. The Bertz CT molecular complexity index is 1320. The van der Waals surface area contributed by atoms with E-state index in [1.165, 1.54) is 11.8 Å². The summed E-state index contributed by atoms with van der Waals surface area (Å²) >= 11 is 1.30. The Morgan fingerprint density at radius 2 is 1.87 bits per heavy atom. The summed E-state index contributed by atoms with van der Waals surface area (Å²) in [4.78, 5) is 28.6. The van der Waals surface area contributed by atoms with Crippen LogP contribution in [0.3, 0.4) is 0 Å². The molecule has 1 N–H and O–H groups in total. The Hall–Kier alpha value is -3.66. The van der Waals surface area contributed by atoms with Gasteiger partial charge in [0, 0.05) is 44.3 Å². The van der Waals surface area contributed by atoms with E-state index in [9.17, 15) is 9.59 Å². The quantitative estimate of drug-likeness (QED) is 0.354. The van der Waals surface area contributed by atoms with Crippen molar-refractivity contribution in [2.45, 2.75) is 11.7 Å². The standard InChI is InChI=1S/C21H21N7O2S/c1-4-11-28-19(14-7-9-22-10-8-14)24-25-20(28)31-13-18(29)23-15-5-6-16-17(12-15)27(3)21(30)26(16)2/h4-10,12H,1,11,13H2,2-3H3,(H,23,29). The molecule has 158 valence electrons. The first-order valence-electron chi connectivity index (χ1n) is 9.52. The monoisotopic (exact) mass is 435 g/mol. The van der Waals surface area contributed by atoms with Gasteiger partial charge in [-0.25, -0.2) is 4.79 Å². The lowest BCUT2D eigenvalue weighted by Crippen LogP contribution is -2.19. The van der Waals surface area contributed by atoms with Gasteiger partial charge in [0.05, 0.1) is 16.8 Å². The molecule has 1 aromatic carbocycles. The van der Waals surface area contributed by atoms with Gasteiger partial charge >= 0.3 is 5.69 Å². The highest BCUT2D eigenvalue weighted by atomic mass is 32.2. The van der Waals surface area contributed by atoms with E-state index >= 15 is 0 Å². The summed E-state index contributed by atoms with van der Waals surface area (Å²) in [6.07, 6.45) is 5.15. The third kappa shape index (κ3) is 4.02. The minimum atomic E-state index is -0.177. The van der Waals surface area contributed by atoms with Crippen LogP contribution in [-0.2, 0) is 25.4 Å². The number of benzene rings is 1. The molecule has 0 aliphatic carbocycles. The average molecular weight is 436 g/mol. The molecular weight excluding hydrogens is 414 g/mol. The highest BCUT2D eigenvalue weighted by Gasteiger charge is 2.15. The summed E-state index contributed by atoms with van der Waals surface area (Å²) in [5, 5.41) is 12.0. The first kappa shape index (κ1) is 20.6. The fourth-order valence-corrected chi connectivity index (χ4v) is 4.06. The number of nitrogens with zero attached hydrogens (tertiary/aromatic N) is 6. The van der Waals surface area contributed by atoms with Crippen LogP contribution in [0.15, 0.2) is 65.3 Å². The first-order chi connectivity index (χ1) is 15.0. The second-order valence-electron chi connectivity index (χ2n) is 6.88. The number of amides is 1. The maximum Gasteiger partial charge on any atom is 0.328 e. The molecule has 3 heterocycles. The molecule has 10 heteroatoms. The van der Waals surface area contributed by atoms with Gasteiger partial charge < -0.3 is 5.32 Å². The summed E-state index contributed by atoms with van der Waals surface area (Å²) in [6, 6.07) is 9.12. The lowest BCUT2D eigenvalue weighted by molar-refractivity contribution is -0.113. The van der Waals surface area contributed by atoms with Crippen LogP contribution in [0, 0.1) is 0 Å². The van der Waals surface area contributed by atoms with Gasteiger partial charge in [-0.05, 0) is 30.3 Å². The van der Waals surface area contributed by atoms with Crippen molar-refractivity contribution in [1.82, 2.24) is 28.9 Å². The molecular formula is C21H21N7O2S. The zero-order chi connectivity index (χ0) is 22.0. The van der Waals surface area contributed by atoms with Gasteiger partial charge in [-0.2, -0.15) is 0 Å². The van der Waals surface area contributed by atoms with E-state index in [1.54, 1.807) is 53.8 Å². The number of thioether (sulfide) groups is 1. The number of fused-ring (bicyclic) bond motifs is 1. The van der Waals surface area contributed by atoms with Crippen molar-refractivity contribution >= 4 is 34.4 Å². The second-order valence-corrected chi connectivity index (χ2v) is 7.82. The highest BCUT2D eigenvalue weighted by molar-refractivity contribution is 7.99. The molecule has 0 aliphatic rings. The Morgan fingerprint density at radius 1 is 1.13 bits per heavy atom. The van der Waals surface area contributed by atoms with Crippen molar-refractivity contribution in [3.05, 3.63) is 65.9 Å². The van der Waals surface area contributed by atoms with Gasteiger partial charge in [-0.3, -0.25) is 23.5 Å². The molecule has 1 amide bonds. The van der Waals surface area contributed by atoms with Crippen LogP contribution >= 0.6 is 11.8 Å². The maximum atomic E-state index is 12.5. The number of rotatable bonds is 7. The summed E-state index contributed by atoms with van der Waals surface area (Å²) in [7, 11) is 3.43. The number of aryl methyl sites for hydroxylation is 2. The fraction of sp³-hybridized carbons (Fsp3) is 0.190. The molecule has 0 saturated carbocycles. The van der Waals surface area contributed by atoms with E-state index in [0.717, 1.165) is 16.6 Å². The number of carbonyl (C=O) groups excluding carboxylic acids is 1. The normalized spacial score (nSPS) is 11.0. The van der Waals surface area contributed by atoms with Crippen molar-refractivity contribution in [2.75, 3.05) is 11.1 Å². The van der Waals surface area contributed by atoms with Gasteiger partial charge in [0.25, 0.3) is 0 Å². The first-order valence-corrected chi connectivity index (χ1v) is 10.5. The van der Waals surface area contributed by atoms with Gasteiger partial charge in [-0.15, -0.1) is 16.8 Å². The van der Waals surface area contributed by atoms with Crippen LogP contribution < -0.4 is 11.0 Å². The van der Waals surface area contributed by atoms with Crippen LogP contribution in [0.5, 0.6) is 0 Å². The summed E-state index contributed by atoms with van der Waals surface area (Å²) in [5.74, 6) is 0.682. The molecule has 0 aliphatic heterocycles. The number of allylic oxidation sites excluding steroid dienone is 1. The van der Waals surface area contributed by atoms with Crippen molar-refractivity contribution in [3.63, 3.8) is 0 Å². The van der Waals surface area contributed by atoms with Crippen LogP contribution in [0.2, 0.25) is 0 Å². The van der Waals surface area contributed by atoms with Crippen molar-refractivity contribution in [2.24, 2.45) is 14.1 Å². The molecule has 0 atom stereocenters. The van der Waals surface area contributed by atoms with Gasteiger partial charge in [0.2, 0.25) is 5.91 Å². The molecule has 31 heavy (non-hydrogen) atoms. The van der Waals surface area contributed by atoms with Gasteiger partial charge in [0.1, 0.15) is 0 Å². The largest absolute Gasteiger partial charge is 0.328 e. The number of aromatic nitrogens is 6. The Labute approximate surface area is 182 Å². The maximum absolute atomic E-state index is 12.5. The SMILES string of the molecule is C=CCn1c(SCC(=O)Nc2ccc3c(c2)n(C)c(=O)n3C)nnc1-c1ccncc1. The summed E-state index contributed by atoms with van der Waals surface area (Å²) in [5.41, 5.74) is 2.97. The number of anilines is 1. The summed E-state index contributed by atoms with van der Waals surface area (Å²) < 4.78 is 5.04.